The van der Waals surface area contributed by atoms with Crippen molar-refractivity contribution in [3.05, 3.63) is 24.3 Å². The molecule has 27 heavy (non-hydrogen) atoms. The number of amides is 2. The highest BCUT2D eigenvalue weighted by Gasteiger charge is 2.60. The Hall–Kier alpha value is -2.24. The zero-order valence-electron chi connectivity index (χ0n) is 17.6. The van der Waals surface area contributed by atoms with E-state index in [1.54, 1.807) is 34.1 Å². The highest BCUT2D eigenvalue weighted by molar-refractivity contribution is 6.08. The van der Waals surface area contributed by atoms with Crippen LogP contribution >= 0.6 is 0 Å². The lowest BCUT2D eigenvalue weighted by Crippen LogP contribution is -2.67. The fraction of sp³-hybridized carbons (Fsp3) is 0.619. The molecule has 0 spiro atoms. The fourth-order valence-corrected chi connectivity index (χ4v) is 3.69. The second-order valence-electron chi connectivity index (χ2n) is 8.07. The maximum atomic E-state index is 13.6. The summed E-state index contributed by atoms with van der Waals surface area (Å²) in [5.41, 5.74) is 0. The summed E-state index contributed by atoms with van der Waals surface area (Å²) in [4.78, 5) is 30.6. The Morgan fingerprint density at radius 1 is 0.704 bits per heavy atom. The van der Waals surface area contributed by atoms with Crippen LogP contribution in [0.4, 0.5) is 0 Å². The van der Waals surface area contributed by atoms with Gasteiger partial charge in [0.1, 0.15) is 0 Å². The van der Waals surface area contributed by atoms with Crippen molar-refractivity contribution < 1.29 is 19.1 Å². The average Bonchev–Trinajstić information content (AvgIpc) is 2.94. The Bertz CT molecular complexity index is 622. The van der Waals surface area contributed by atoms with Crippen molar-refractivity contribution in [1.29, 1.82) is 0 Å². The second kappa shape index (κ2) is 7.79. The van der Waals surface area contributed by atoms with Crippen LogP contribution in [0.25, 0.3) is 0 Å². The number of hydrogen-bond donors (Lipinski definition) is 0. The van der Waals surface area contributed by atoms with Crippen molar-refractivity contribution in [2.75, 3.05) is 0 Å². The Labute approximate surface area is 162 Å². The standard InChI is InChI=1S/C21H32N2O4/c1-13(2)22(14(3)4)19(24)21(20(25)23(15(5)6)16(7)8)26-17-11-9-10-12-18(17)27-21/h9-16H,1-8H3. The van der Waals surface area contributed by atoms with Gasteiger partial charge in [-0.25, -0.2) is 0 Å². The summed E-state index contributed by atoms with van der Waals surface area (Å²) in [6.45, 7) is 15.3. The maximum absolute atomic E-state index is 13.6. The molecule has 0 saturated heterocycles. The van der Waals surface area contributed by atoms with Crippen molar-refractivity contribution in [3.63, 3.8) is 0 Å². The lowest BCUT2D eigenvalue weighted by molar-refractivity contribution is -0.190. The molecule has 0 aliphatic carbocycles. The number of fused-ring (bicyclic) bond motifs is 1. The van der Waals surface area contributed by atoms with Gasteiger partial charge in [-0.15, -0.1) is 0 Å². The monoisotopic (exact) mass is 376 g/mol. The Balaban J connectivity index is 2.57. The van der Waals surface area contributed by atoms with Gasteiger partial charge in [0, 0.05) is 24.2 Å². The molecule has 0 N–H and O–H groups in total. The molecule has 2 amide bonds. The summed E-state index contributed by atoms with van der Waals surface area (Å²) in [6, 6.07) is 6.57. The zero-order valence-corrected chi connectivity index (χ0v) is 17.6. The fourth-order valence-electron chi connectivity index (χ4n) is 3.69. The van der Waals surface area contributed by atoms with E-state index in [4.69, 9.17) is 9.47 Å². The third-order valence-corrected chi connectivity index (χ3v) is 4.61. The van der Waals surface area contributed by atoms with Gasteiger partial charge < -0.3 is 19.3 Å². The summed E-state index contributed by atoms with van der Waals surface area (Å²) < 4.78 is 12.0. The summed E-state index contributed by atoms with van der Waals surface area (Å²) >= 11 is 0. The van der Waals surface area contributed by atoms with Crippen LogP contribution < -0.4 is 9.47 Å². The molecule has 2 rings (SSSR count). The Morgan fingerprint density at radius 2 is 1.00 bits per heavy atom. The normalized spacial score (nSPS) is 15.0. The third-order valence-electron chi connectivity index (χ3n) is 4.61. The van der Waals surface area contributed by atoms with Gasteiger partial charge in [-0.05, 0) is 67.5 Å². The molecule has 1 aliphatic heterocycles. The molecule has 1 aliphatic rings. The molecule has 0 radical (unpaired) electrons. The largest absolute Gasteiger partial charge is 0.433 e. The predicted octanol–water partition coefficient (Wildman–Crippen LogP) is 3.44. The van der Waals surface area contributed by atoms with Crippen LogP contribution in [0.15, 0.2) is 24.3 Å². The van der Waals surface area contributed by atoms with Gasteiger partial charge in [0.05, 0.1) is 0 Å². The number of hydrogen-bond acceptors (Lipinski definition) is 4. The van der Waals surface area contributed by atoms with E-state index in [0.29, 0.717) is 11.5 Å². The lowest BCUT2D eigenvalue weighted by Gasteiger charge is -2.40. The molecule has 6 nitrogen and oxygen atoms in total. The van der Waals surface area contributed by atoms with E-state index in [0.717, 1.165) is 0 Å². The molecule has 0 saturated carbocycles. The van der Waals surface area contributed by atoms with Crippen LogP contribution in [0.5, 0.6) is 11.5 Å². The van der Waals surface area contributed by atoms with Gasteiger partial charge in [0.25, 0.3) is 0 Å². The molecule has 1 aromatic rings. The first-order valence-corrected chi connectivity index (χ1v) is 9.65. The van der Waals surface area contributed by atoms with Gasteiger partial charge in [0.2, 0.25) is 0 Å². The molecule has 1 heterocycles. The summed E-state index contributed by atoms with van der Waals surface area (Å²) in [5, 5.41) is 0. The van der Waals surface area contributed by atoms with E-state index in [-0.39, 0.29) is 24.2 Å². The molecular formula is C21H32N2O4. The summed E-state index contributed by atoms with van der Waals surface area (Å²) in [7, 11) is 0. The van der Waals surface area contributed by atoms with E-state index in [1.807, 2.05) is 55.4 Å². The minimum Gasteiger partial charge on any atom is -0.433 e. The van der Waals surface area contributed by atoms with Crippen molar-refractivity contribution in [2.45, 2.75) is 85.3 Å². The van der Waals surface area contributed by atoms with E-state index < -0.39 is 17.6 Å². The lowest BCUT2D eigenvalue weighted by atomic mass is 10.1. The number of nitrogens with zero attached hydrogens (tertiary/aromatic N) is 2. The number of para-hydroxylation sites is 2. The van der Waals surface area contributed by atoms with Gasteiger partial charge >= 0.3 is 17.6 Å². The summed E-state index contributed by atoms with van der Waals surface area (Å²) in [5.74, 6) is -2.18. The molecule has 150 valence electrons. The van der Waals surface area contributed by atoms with Crippen molar-refractivity contribution in [2.24, 2.45) is 0 Å². The van der Waals surface area contributed by atoms with Crippen LogP contribution in [-0.4, -0.2) is 51.6 Å². The number of rotatable bonds is 6. The highest BCUT2D eigenvalue weighted by atomic mass is 16.7. The molecule has 6 heteroatoms. The Morgan fingerprint density at radius 3 is 1.26 bits per heavy atom. The van der Waals surface area contributed by atoms with Crippen LogP contribution in [0.1, 0.15) is 55.4 Å². The first kappa shape index (κ1) is 21.1. The van der Waals surface area contributed by atoms with E-state index in [2.05, 4.69) is 0 Å². The van der Waals surface area contributed by atoms with Gasteiger partial charge in [-0.2, -0.15) is 0 Å². The maximum Gasteiger partial charge on any atom is 0.415 e. The van der Waals surface area contributed by atoms with Gasteiger partial charge in [0.15, 0.2) is 11.5 Å². The Kier molecular flexibility index (Phi) is 6.07. The van der Waals surface area contributed by atoms with Crippen molar-refractivity contribution in [3.8, 4) is 11.5 Å². The average molecular weight is 376 g/mol. The van der Waals surface area contributed by atoms with Crippen LogP contribution in [0.3, 0.4) is 0 Å². The molecule has 0 aromatic heterocycles. The van der Waals surface area contributed by atoms with Gasteiger partial charge in [-0.1, -0.05) is 12.1 Å². The number of ether oxygens (including phenoxy) is 2. The van der Waals surface area contributed by atoms with Crippen LogP contribution in [-0.2, 0) is 9.59 Å². The van der Waals surface area contributed by atoms with Crippen LogP contribution in [0, 0.1) is 0 Å². The summed E-state index contributed by atoms with van der Waals surface area (Å²) in [6.07, 6.45) is 0. The molecule has 0 atom stereocenters. The molecule has 0 bridgehead atoms. The van der Waals surface area contributed by atoms with E-state index >= 15 is 0 Å². The quantitative estimate of drug-likeness (QED) is 0.714. The second-order valence-corrected chi connectivity index (χ2v) is 8.07. The van der Waals surface area contributed by atoms with E-state index in [1.165, 1.54) is 0 Å². The number of benzene rings is 1. The highest BCUT2D eigenvalue weighted by Crippen LogP contribution is 2.41. The SMILES string of the molecule is CC(C)N(C(=O)C1(C(=O)N(C(C)C)C(C)C)Oc2ccccc2O1)C(C)C. The molecule has 0 unspecified atom stereocenters. The van der Waals surface area contributed by atoms with E-state index in [9.17, 15) is 9.59 Å². The van der Waals surface area contributed by atoms with Gasteiger partial charge in [-0.3, -0.25) is 9.59 Å². The topological polar surface area (TPSA) is 59.1 Å². The minimum absolute atomic E-state index is 0.107. The molecule has 0 fully saturated rings. The number of carbonyl (C=O) groups excluding carboxylic acids is 2. The zero-order chi connectivity index (χ0) is 20.5. The molecule has 1 aromatic carbocycles. The first-order chi connectivity index (χ1) is 12.5. The first-order valence-electron chi connectivity index (χ1n) is 9.65. The third kappa shape index (κ3) is 3.75. The van der Waals surface area contributed by atoms with Crippen LogP contribution in [0.2, 0.25) is 0 Å². The predicted molar refractivity (Wildman–Crippen MR) is 105 cm³/mol. The number of carbonyl (C=O) groups is 2. The smallest absolute Gasteiger partial charge is 0.415 e. The molecular weight excluding hydrogens is 344 g/mol. The van der Waals surface area contributed by atoms with Crippen molar-refractivity contribution in [1.82, 2.24) is 9.80 Å². The minimum atomic E-state index is -2.03. The van der Waals surface area contributed by atoms with Crippen molar-refractivity contribution >= 4 is 11.8 Å².